The number of benzene rings is 3. The molecule has 3 rings (SSSR count). The summed E-state index contributed by atoms with van der Waals surface area (Å²) in [6.45, 7) is 8.44. The lowest BCUT2D eigenvalue weighted by atomic mass is 9.96. The first-order valence-electron chi connectivity index (χ1n) is 10.3. The molecule has 0 fully saturated rings. The van der Waals surface area contributed by atoms with Crippen molar-refractivity contribution in [2.75, 3.05) is 5.32 Å². The summed E-state index contributed by atoms with van der Waals surface area (Å²) in [5, 5.41) is 5.41. The molecule has 0 heterocycles. The molecular formula is C26H28N2O3. The van der Waals surface area contributed by atoms with Gasteiger partial charge in [-0.15, -0.1) is 0 Å². The van der Waals surface area contributed by atoms with E-state index in [9.17, 15) is 9.59 Å². The molecule has 31 heavy (non-hydrogen) atoms. The number of anilines is 1. The Labute approximate surface area is 183 Å². The maximum atomic E-state index is 12.4. The summed E-state index contributed by atoms with van der Waals surface area (Å²) in [5.41, 5.74) is 6.05. The smallest absolute Gasteiger partial charge is 0.313 e. The molecule has 0 aliphatic heterocycles. The average molecular weight is 417 g/mol. The molecule has 0 spiro atoms. The zero-order chi connectivity index (χ0) is 22.4. The maximum absolute atomic E-state index is 12.4. The summed E-state index contributed by atoms with van der Waals surface area (Å²) in [4.78, 5) is 24.7. The van der Waals surface area contributed by atoms with E-state index >= 15 is 0 Å². The van der Waals surface area contributed by atoms with Crippen LogP contribution < -0.4 is 15.4 Å². The van der Waals surface area contributed by atoms with Crippen molar-refractivity contribution in [1.82, 2.24) is 5.32 Å². The number of rotatable bonds is 6. The highest BCUT2D eigenvalue weighted by Crippen LogP contribution is 2.22. The first-order valence-corrected chi connectivity index (χ1v) is 10.3. The number of ether oxygens (including phenoxy) is 1. The van der Waals surface area contributed by atoms with Crippen molar-refractivity contribution in [3.63, 3.8) is 0 Å². The Morgan fingerprint density at radius 3 is 2.16 bits per heavy atom. The van der Waals surface area contributed by atoms with Crippen molar-refractivity contribution >= 4 is 17.5 Å². The lowest BCUT2D eigenvalue weighted by Crippen LogP contribution is -2.37. The van der Waals surface area contributed by atoms with E-state index < -0.39 is 11.8 Å². The summed E-state index contributed by atoms with van der Waals surface area (Å²) < 4.78 is 5.74. The SMILES string of the molecule is Cc1cc(C)c(C(C)NC(=O)C(=O)Nc2ccc(OCc3ccccc3)cc2)cc1C. The van der Waals surface area contributed by atoms with Crippen LogP contribution in [-0.4, -0.2) is 11.8 Å². The predicted octanol–water partition coefficient (Wildman–Crippen LogP) is 5.01. The Balaban J connectivity index is 1.54. The van der Waals surface area contributed by atoms with E-state index in [4.69, 9.17) is 4.74 Å². The van der Waals surface area contributed by atoms with Crippen molar-refractivity contribution in [3.05, 3.63) is 94.5 Å². The Morgan fingerprint density at radius 1 is 0.839 bits per heavy atom. The topological polar surface area (TPSA) is 67.4 Å². The second-order valence-electron chi connectivity index (χ2n) is 7.74. The maximum Gasteiger partial charge on any atom is 0.313 e. The molecule has 2 amide bonds. The largest absolute Gasteiger partial charge is 0.489 e. The van der Waals surface area contributed by atoms with E-state index in [1.807, 2.05) is 51.1 Å². The molecule has 1 atom stereocenters. The minimum atomic E-state index is -0.703. The van der Waals surface area contributed by atoms with Gasteiger partial charge in [0.1, 0.15) is 12.4 Å². The van der Waals surface area contributed by atoms with Crippen LogP contribution in [0.5, 0.6) is 5.75 Å². The van der Waals surface area contributed by atoms with Gasteiger partial charge in [0.15, 0.2) is 0 Å². The van der Waals surface area contributed by atoms with Crippen LogP contribution in [-0.2, 0) is 16.2 Å². The molecule has 3 aromatic carbocycles. The van der Waals surface area contributed by atoms with Gasteiger partial charge in [-0.05, 0) is 79.8 Å². The molecule has 0 saturated carbocycles. The molecule has 0 aromatic heterocycles. The fraction of sp³-hybridized carbons (Fsp3) is 0.231. The third-order valence-corrected chi connectivity index (χ3v) is 5.26. The van der Waals surface area contributed by atoms with Crippen LogP contribution >= 0.6 is 0 Å². The summed E-state index contributed by atoms with van der Waals surface area (Å²) in [5.74, 6) is -0.689. The summed E-state index contributed by atoms with van der Waals surface area (Å²) >= 11 is 0. The fourth-order valence-electron chi connectivity index (χ4n) is 3.35. The van der Waals surface area contributed by atoms with Crippen LogP contribution in [0.2, 0.25) is 0 Å². The number of hydrogen-bond donors (Lipinski definition) is 2. The molecule has 0 saturated heterocycles. The molecular weight excluding hydrogens is 388 g/mol. The normalized spacial score (nSPS) is 11.5. The zero-order valence-electron chi connectivity index (χ0n) is 18.4. The van der Waals surface area contributed by atoms with Crippen LogP contribution in [0.15, 0.2) is 66.7 Å². The summed E-state index contributed by atoms with van der Waals surface area (Å²) in [7, 11) is 0. The van der Waals surface area contributed by atoms with Gasteiger partial charge >= 0.3 is 11.8 Å². The third kappa shape index (κ3) is 5.95. The molecule has 3 aromatic rings. The molecule has 0 radical (unpaired) electrons. The monoisotopic (exact) mass is 416 g/mol. The van der Waals surface area contributed by atoms with E-state index in [-0.39, 0.29) is 6.04 Å². The highest BCUT2D eigenvalue weighted by Gasteiger charge is 2.18. The lowest BCUT2D eigenvalue weighted by molar-refractivity contribution is -0.136. The second kappa shape index (κ2) is 9.94. The number of aryl methyl sites for hydroxylation is 3. The molecule has 0 aliphatic rings. The van der Waals surface area contributed by atoms with Gasteiger partial charge in [-0.1, -0.05) is 42.5 Å². The zero-order valence-corrected chi connectivity index (χ0v) is 18.4. The van der Waals surface area contributed by atoms with Crippen molar-refractivity contribution in [2.45, 2.75) is 40.3 Å². The quantitative estimate of drug-likeness (QED) is 0.555. The van der Waals surface area contributed by atoms with Crippen molar-refractivity contribution in [3.8, 4) is 5.75 Å². The van der Waals surface area contributed by atoms with E-state index in [2.05, 4.69) is 29.7 Å². The Hall–Kier alpha value is -3.60. The predicted molar refractivity (Wildman–Crippen MR) is 123 cm³/mol. The standard InChI is InChI=1S/C26H28N2O3/c1-17-14-19(3)24(15-18(17)2)20(4)27-25(29)26(30)28-22-10-12-23(13-11-22)31-16-21-8-6-5-7-9-21/h5-15,20H,16H2,1-4H3,(H,27,29)(H,28,30). The minimum Gasteiger partial charge on any atom is -0.489 e. The second-order valence-corrected chi connectivity index (χ2v) is 7.74. The van der Waals surface area contributed by atoms with E-state index in [1.165, 1.54) is 5.56 Å². The minimum absolute atomic E-state index is 0.272. The first-order chi connectivity index (χ1) is 14.8. The third-order valence-electron chi connectivity index (χ3n) is 5.26. The lowest BCUT2D eigenvalue weighted by Gasteiger charge is -2.18. The van der Waals surface area contributed by atoms with Crippen LogP contribution in [0, 0.1) is 20.8 Å². The van der Waals surface area contributed by atoms with Crippen LogP contribution in [0.4, 0.5) is 5.69 Å². The van der Waals surface area contributed by atoms with Gasteiger partial charge in [-0.2, -0.15) is 0 Å². The summed E-state index contributed by atoms with van der Waals surface area (Å²) in [6, 6.07) is 20.7. The van der Waals surface area contributed by atoms with Gasteiger partial charge in [0.05, 0.1) is 6.04 Å². The van der Waals surface area contributed by atoms with Gasteiger partial charge in [0.25, 0.3) is 0 Å². The molecule has 5 heteroatoms. The van der Waals surface area contributed by atoms with Crippen molar-refractivity contribution in [2.24, 2.45) is 0 Å². The van der Waals surface area contributed by atoms with Gasteiger partial charge in [-0.25, -0.2) is 0 Å². The number of carbonyl (C=O) groups excluding carboxylic acids is 2. The Bertz CT molecular complexity index is 1060. The molecule has 5 nitrogen and oxygen atoms in total. The average Bonchev–Trinajstić information content (AvgIpc) is 2.76. The van der Waals surface area contributed by atoms with Crippen molar-refractivity contribution in [1.29, 1.82) is 0 Å². The molecule has 160 valence electrons. The number of amides is 2. The first kappa shape index (κ1) is 22.1. The highest BCUT2D eigenvalue weighted by molar-refractivity contribution is 6.39. The van der Waals surface area contributed by atoms with E-state index in [0.717, 1.165) is 22.3 Å². The highest BCUT2D eigenvalue weighted by atomic mass is 16.5. The van der Waals surface area contributed by atoms with Gasteiger partial charge < -0.3 is 15.4 Å². The molecule has 1 unspecified atom stereocenters. The van der Waals surface area contributed by atoms with E-state index in [1.54, 1.807) is 24.3 Å². The van der Waals surface area contributed by atoms with Crippen LogP contribution in [0.1, 0.15) is 40.8 Å². The van der Waals surface area contributed by atoms with Gasteiger partial charge in [-0.3, -0.25) is 9.59 Å². The van der Waals surface area contributed by atoms with Crippen molar-refractivity contribution < 1.29 is 14.3 Å². The Kier molecular flexibility index (Phi) is 7.08. The van der Waals surface area contributed by atoms with Crippen LogP contribution in [0.3, 0.4) is 0 Å². The molecule has 0 bridgehead atoms. The number of carbonyl (C=O) groups is 2. The molecule has 2 N–H and O–H groups in total. The van der Waals surface area contributed by atoms with Gasteiger partial charge in [0, 0.05) is 5.69 Å². The fourth-order valence-corrected chi connectivity index (χ4v) is 3.35. The Morgan fingerprint density at radius 2 is 1.48 bits per heavy atom. The summed E-state index contributed by atoms with van der Waals surface area (Å²) in [6.07, 6.45) is 0. The van der Waals surface area contributed by atoms with Crippen LogP contribution in [0.25, 0.3) is 0 Å². The molecule has 0 aliphatic carbocycles. The number of nitrogens with one attached hydrogen (secondary N) is 2. The van der Waals surface area contributed by atoms with Gasteiger partial charge in [0.2, 0.25) is 0 Å². The number of hydrogen-bond acceptors (Lipinski definition) is 3. The van der Waals surface area contributed by atoms with E-state index in [0.29, 0.717) is 18.0 Å².